The third-order valence-electron chi connectivity index (χ3n) is 7.80. The van der Waals surface area contributed by atoms with Crippen LogP contribution in [0.3, 0.4) is 0 Å². The van der Waals surface area contributed by atoms with E-state index in [1.165, 1.54) is 12.0 Å². The van der Waals surface area contributed by atoms with Crippen molar-refractivity contribution < 1.29 is 38.4 Å². The van der Waals surface area contributed by atoms with Gasteiger partial charge in [-0.25, -0.2) is 9.78 Å². The van der Waals surface area contributed by atoms with Crippen LogP contribution in [0, 0.1) is 6.92 Å². The minimum absolute atomic E-state index is 0.0188. The van der Waals surface area contributed by atoms with Crippen molar-refractivity contribution in [3.05, 3.63) is 105 Å². The average molecular weight is 641 g/mol. The maximum atomic E-state index is 13.8. The van der Waals surface area contributed by atoms with Gasteiger partial charge in [-0.15, -0.1) is 0 Å². The summed E-state index contributed by atoms with van der Waals surface area (Å²) < 4.78 is 22.7. The molecule has 1 amide bonds. The van der Waals surface area contributed by atoms with Crippen LogP contribution in [0.15, 0.2) is 72.3 Å². The Hall–Kier alpha value is -5.16. The Balaban J connectivity index is 1.48. The first-order chi connectivity index (χ1) is 22.2. The van der Waals surface area contributed by atoms with E-state index in [4.69, 9.17) is 18.9 Å². The van der Waals surface area contributed by atoms with Crippen LogP contribution in [-0.2, 0) is 27.4 Å². The second-order valence-electron chi connectivity index (χ2n) is 10.9. The van der Waals surface area contributed by atoms with E-state index < -0.39 is 23.7 Å². The van der Waals surface area contributed by atoms with Gasteiger partial charge in [-0.05, 0) is 67.8 Å². The third kappa shape index (κ3) is 5.69. The van der Waals surface area contributed by atoms with Gasteiger partial charge in [-0.3, -0.25) is 14.5 Å². The number of hydrogen-bond acceptors (Lipinski definition) is 10. The fourth-order valence-electron chi connectivity index (χ4n) is 5.65. The number of anilines is 1. The maximum absolute atomic E-state index is 13.8. The number of hydrogen-bond donors (Lipinski definition) is 1. The standard InChI is InChI=1S/C35H32N2O8S/c1-5-43-27-17-22(11-14-26(27)44-18-21-9-7-6-8-10-21)29-28(30(38)23-12-13-25-24(16-23)15-19(2)45-25)31(39)33(40)37(29)35-36-20(3)32(46-35)34(41)42-4/h6-14,16-17,19,29,38H,5,15,18H2,1-4H3/b30-28+. The Morgan fingerprint density at radius 1 is 1.07 bits per heavy atom. The highest BCUT2D eigenvalue weighted by Gasteiger charge is 2.49. The monoisotopic (exact) mass is 640 g/mol. The van der Waals surface area contributed by atoms with Gasteiger partial charge in [0.15, 0.2) is 16.6 Å². The minimum Gasteiger partial charge on any atom is -0.507 e. The first-order valence-electron chi connectivity index (χ1n) is 14.8. The number of ether oxygens (including phenoxy) is 4. The van der Waals surface area contributed by atoms with Crippen LogP contribution in [0.1, 0.15) is 57.5 Å². The number of rotatable bonds is 9. The summed E-state index contributed by atoms with van der Waals surface area (Å²) in [5.41, 5.74) is 2.93. The molecule has 0 aliphatic carbocycles. The van der Waals surface area contributed by atoms with Crippen LogP contribution < -0.4 is 19.1 Å². The number of amides is 1. The first-order valence-corrected chi connectivity index (χ1v) is 15.6. The van der Waals surface area contributed by atoms with E-state index in [2.05, 4.69) is 4.98 Å². The van der Waals surface area contributed by atoms with Gasteiger partial charge in [0.25, 0.3) is 5.78 Å². The van der Waals surface area contributed by atoms with Crippen molar-refractivity contribution in [2.24, 2.45) is 0 Å². The smallest absolute Gasteiger partial charge is 0.350 e. The number of fused-ring (bicyclic) bond motifs is 1. The van der Waals surface area contributed by atoms with E-state index >= 15 is 0 Å². The second kappa shape index (κ2) is 12.7. The second-order valence-corrected chi connectivity index (χ2v) is 11.9. The lowest BCUT2D eigenvalue weighted by Crippen LogP contribution is -2.29. The molecule has 46 heavy (non-hydrogen) atoms. The number of aryl methyl sites for hydroxylation is 1. The van der Waals surface area contributed by atoms with Crippen LogP contribution >= 0.6 is 11.3 Å². The molecule has 2 aliphatic rings. The average Bonchev–Trinajstić information content (AvgIpc) is 3.71. The van der Waals surface area contributed by atoms with Crippen LogP contribution in [-0.4, -0.2) is 47.6 Å². The summed E-state index contributed by atoms with van der Waals surface area (Å²) in [5, 5.41) is 11.8. The highest BCUT2D eigenvalue weighted by Crippen LogP contribution is 2.46. The van der Waals surface area contributed by atoms with Gasteiger partial charge in [0.1, 0.15) is 29.1 Å². The summed E-state index contributed by atoms with van der Waals surface area (Å²) >= 11 is 0.934. The molecule has 1 N–H and O–H groups in total. The number of aliphatic hydroxyl groups is 1. The SMILES string of the molecule is CCOc1cc(C2/C(=C(\O)c3ccc4c(c3)CC(C)O4)C(=O)C(=O)N2c2nc(C)c(C(=O)OC)s2)ccc1OCc1ccccc1. The summed E-state index contributed by atoms with van der Waals surface area (Å²) in [4.78, 5) is 45.9. The van der Waals surface area contributed by atoms with Crippen LogP contribution in [0.5, 0.6) is 17.2 Å². The van der Waals surface area contributed by atoms with Gasteiger partial charge in [0.2, 0.25) is 0 Å². The van der Waals surface area contributed by atoms with Gasteiger partial charge in [-0.1, -0.05) is 47.7 Å². The fraction of sp³-hybridized carbons (Fsp3) is 0.257. The molecule has 0 saturated carbocycles. The number of nitrogens with zero attached hydrogens (tertiary/aromatic N) is 2. The van der Waals surface area contributed by atoms with E-state index in [9.17, 15) is 19.5 Å². The molecule has 10 nitrogen and oxygen atoms in total. The van der Waals surface area contributed by atoms with Crippen LogP contribution in [0.25, 0.3) is 5.76 Å². The summed E-state index contributed by atoms with van der Waals surface area (Å²) in [6.07, 6.45) is 0.625. The van der Waals surface area contributed by atoms with Crippen molar-refractivity contribution in [1.29, 1.82) is 0 Å². The predicted octanol–water partition coefficient (Wildman–Crippen LogP) is 6.17. The number of carbonyl (C=O) groups excluding carboxylic acids is 3. The lowest BCUT2D eigenvalue weighted by atomic mass is 9.94. The number of thiazole rings is 1. The molecule has 6 rings (SSSR count). The fourth-order valence-corrected chi connectivity index (χ4v) is 6.67. The topological polar surface area (TPSA) is 124 Å². The molecule has 11 heteroatoms. The summed E-state index contributed by atoms with van der Waals surface area (Å²) in [5.74, 6) is -1.14. The number of benzene rings is 3. The molecular weight excluding hydrogens is 608 g/mol. The number of esters is 1. The molecule has 2 aliphatic heterocycles. The number of ketones is 1. The molecule has 4 aromatic rings. The molecule has 0 radical (unpaired) electrons. The van der Waals surface area contributed by atoms with E-state index in [-0.39, 0.29) is 27.4 Å². The Morgan fingerprint density at radius 2 is 1.85 bits per heavy atom. The Kier molecular flexibility index (Phi) is 8.50. The summed E-state index contributed by atoms with van der Waals surface area (Å²) in [6, 6.07) is 18.9. The van der Waals surface area contributed by atoms with E-state index in [1.807, 2.05) is 44.2 Å². The van der Waals surface area contributed by atoms with Crippen LogP contribution in [0.2, 0.25) is 0 Å². The van der Waals surface area contributed by atoms with Crippen molar-refractivity contribution in [1.82, 2.24) is 4.98 Å². The lowest BCUT2D eigenvalue weighted by Gasteiger charge is -2.24. The number of aromatic nitrogens is 1. The zero-order valence-corrected chi connectivity index (χ0v) is 26.6. The van der Waals surface area contributed by atoms with Gasteiger partial charge in [-0.2, -0.15) is 0 Å². The normalized spacial score (nSPS) is 18.3. The predicted molar refractivity (Wildman–Crippen MR) is 172 cm³/mol. The van der Waals surface area contributed by atoms with Gasteiger partial charge < -0.3 is 24.1 Å². The summed E-state index contributed by atoms with van der Waals surface area (Å²) in [6.45, 7) is 6.04. The van der Waals surface area contributed by atoms with Crippen molar-refractivity contribution in [2.45, 2.75) is 45.9 Å². The van der Waals surface area contributed by atoms with Crippen molar-refractivity contribution in [2.75, 3.05) is 18.6 Å². The van der Waals surface area contributed by atoms with Gasteiger partial charge in [0.05, 0.1) is 31.0 Å². The molecule has 2 unspecified atom stereocenters. The third-order valence-corrected chi connectivity index (χ3v) is 8.93. The minimum atomic E-state index is -1.10. The zero-order chi connectivity index (χ0) is 32.5. The molecule has 1 aromatic heterocycles. The van der Waals surface area contributed by atoms with Crippen molar-refractivity contribution in [3.63, 3.8) is 0 Å². The van der Waals surface area contributed by atoms with Crippen LogP contribution in [0.4, 0.5) is 5.13 Å². The largest absolute Gasteiger partial charge is 0.507 e. The zero-order valence-electron chi connectivity index (χ0n) is 25.7. The Bertz CT molecular complexity index is 1870. The van der Waals surface area contributed by atoms with Crippen molar-refractivity contribution >= 4 is 39.9 Å². The van der Waals surface area contributed by atoms with E-state index in [1.54, 1.807) is 43.3 Å². The molecule has 0 bridgehead atoms. The molecule has 1 saturated heterocycles. The number of Topliss-reactive ketones (excluding diaryl/α,β-unsaturated/α-hetero) is 1. The Labute approximate surface area is 269 Å². The molecule has 3 aromatic carbocycles. The molecule has 236 valence electrons. The quantitative estimate of drug-likeness (QED) is 0.0991. The van der Waals surface area contributed by atoms with Gasteiger partial charge >= 0.3 is 11.9 Å². The van der Waals surface area contributed by atoms with Crippen molar-refractivity contribution in [3.8, 4) is 17.2 Å². The molecule has 3 heterocycles. The number of carbonyl (C=O) groups is 3. The van der Waals surface area contributed by atoms with E-state index in [0.717, 1.165) is 22.5 Å². The maximum Gasteiger partial charge on any atom is 0.350 e. The molecule has 0 spiro atoms. The Morgan fingerprint density at radius 3 is 2.59 bits per heavy atom. The summed E-state index contributed by atoms with van der Waals surface area (Å²) in [7, 11) is 1.26. The number of methoxy groups -OCH3 is 1. The molecular formula is C35H32N2O8S. The highest BCUT2D eigenvalue weighted by molar-refractivity contribution is 7.17. The lowest BCUT2D eigenvalue weighted by molar-refractivity contribution is -0.132. The van der Waals surface area contributed by atoms with E-state index in [0.29, 0.717) is 53.7 Å². The first kappa shape index (κ1) is 30.8. The highest BCUT2D eigenvalue weighted by atomic mass is 32.1. The molecule has 2 atom stereocenters. The molecule has 1 fully saturated rings. The number of aliphatic hydroxyl groups excluding tert-OH is 1. The van der Waals surface area contributed by atoms with Gasteiger partial charge in [0, 0.05) is 12.0 Å².